The molecule has 0 amide bonds. The van der Waals surface area contributed by atoms with Gasteiger partial charge in [-0.25, -0.2) is 4.57 Å². The molecule has 1 aromatic heterocycles. The predicted octanol–water partition coefficient (Wildman–Crippen LogP) is 1.06. The fourth-order valence-electron chi connectivity index (χ4n) is 0.771. The van der Waals surface area contributed by atoms with Gasteiger partial charge in [0.1, 0.15) is 13.7 Å². The lowest BCUT2D eigenvalue weighted by Gasteiger charge is -1.97. The van der Waals surface area contributed by atoms with Crippen LogP contribution >= 0.6 is 0 Å². The maximum atomic E-state index is 5.13. The molecule has 0 bridgehead atoms. The molecule has 11 heavy (non-hydrogen) atoms. The van der Waals surface area contributed by atoms with E-state index in [1.807, 2.05) is 43.1 Å². The number of pyridine rings is 1. The van der Waals surface area contributed by atoms with Gasteiger partial charge in [0.05, 0.1) is 0 Å². The number of ether oxygens (including phenoxy) is 1. The Morgan fingerprint density at radius 2 is 2.09 bits per heavy atom. The average Bonchev–Trinajstić information content (AvgIpc) is 2.04. The fourth-order valence-corrected chi connectivity index (χ4v) is 0.771. The van der Waals surface area contributed by atoms with Crippen molar-refractivity contribution in [2.75, 3.05) is 6.61 Å². The lowest BCUT2D eigenvalue weighted by atomic mass is 10.3. The van der Waals surface area contributed by atoms with Gasteiger partial charge in [-0.3, -0.25) is 0 Å². The van der Waals surface area contributed by atoms with Crippen LogP contribution in [-0.4, -0.2) is 6.61 Å². The van der Waals surface area contributed by atoms with Gasteiger partial charge in [0.15, 0.2) is 12.4 Å². The second-order valence-electron chi connectivity index (χ2n) is 2.37. The molecule has 59 valence electrons. The van der Waals surface area contributed by atoms with Crippen LogP contribution in [0.25, 0.3) is 0 Å². The molecule has 0 fully saturated rings. The van der Waals surface area contributed by atoms with E-state index >= 15 is 0 Å². The standard InChI is InChI=1S/C9H13NO/c1-3-11-8-9-4-6-10(2)7-5-9/h4-8H,3H2,1-2H3/q+1. The number of nitrogens with zero attached hydrogens (tertiary/aromatic N) is 1. The zero-order valence-corrected chi connectivity index (χ0v) is 6.95. The summed E-state index contributed by atoms with van der Waals surface area (Å²) in [4.78, 5) is 0. The first-order valence-corrected chi connectivity index (χ1v) is 3.73. The molecular formula is C9H13NO+. The summed E-state index contributed by atoms with van der Waals surface area (Å²) in [6.07, 6.45) is 3.98. The van der Waals surface area contributed by atoms with E-state index in [1.165, 1.54) is 0 Å². The first-order valence-electron chi connectivity index (χ1n) is 3.73. The summed E-state index contributed by atoms with van der Waals surface area (Å²) in [6.45, 7) is 4.46. The number of aryl methyl sites for hydroxylation is 1. The molecule has 1 aromatic rings. The predicted molar refractivity (Wildman–Crippen MR) is 42.6 cm³/mol. The zero-order chi connectivity index (χ0) is 8.10. The van der Waals surface area contributed by atoms with Crippen LogP contribution < -0.4 is 4.57 Å². The first kappa shape index (κ1) is 8.21. The monoisotopic (exact) mass is 151 g/mol. The van der Waals surface area contributed by atoms with Crippen molar-refractivity contribution in [2.24, 2.45) is 7.05 Å². The Labute approximate surface area is 67.4 Å². The molecule has 0 saturated carbocycles. The number of aromatic nitrogens is 1. The lowest BCUT2D eigenvalue weighted by Crippen LogP contribution is -2.25. The van der Waals surface area contributed by atoms with Crippen molar-refractivity contribution in [1.29, 1.82) is 0 Å². The molecule has 1 heterocycles. The first-order chi connectivity index (χ1) is 5.33. The van der Waals surface area contributed by atoms with Crippen LogP contribution in [0.15, 0.2) is 24.5 Å². The Kier molecular flexibility index (Phi) is 3.05. The van der Waals surface area contributed by atoms with Gasteiger partial charge in [0.25, 0.3) is 0 Å². The van der Waals surface area contributed by atoms with Gasteiger partial charge in [-0.1, -0.05) is 0 Å². The minimum absolute atomic E-state index is 0.723. The van der Waals surface area contributed by atoms with Crippen LogP contribution in [-0.2, 0) is 11.8 Å². The highest BCUT2D eigenvalue weighted by atomic mass is 16.5. The van der Waals surface area contributed by atoms with Gasteiger partial charge in [0.2, 0.25) is 0 Å². The van der Waals surface area contributed by atoms with E-state index in [0.29, 0.717) is 0 Å². The second kappa shape index (κ2) is 4.09. The molecule has 2 nitrogen and oxygen atoms in total. The Hall–Kier alpha value is -0.890. The van der Waals surface area contributed by atoms with E-state index in [0.717, 1.165) is 12.2 Å². The highest BCUT2D eigenvalue weighted by Crippen LogP contribution is 1.99. The van der Waals surface area contributed by atoms with Crippen LogP contribution in [0.5, 0.6) is 0 Å². The minimum atomic E-state index is 0.723. The fraction of sp³-hybridized carbons (Fsp3) is 0.333. The highest BCUT2D eigenvalue weighted by Gasteiger charge is 1.94. The largest absolute Gasteiger partial charge is 0.371 e. The quantitative estimate of drug-likeness (QED) is 0.589. The van der Waals surface area contributed by atoms with E-state index < -0.39 is 0 Å². The van der Waals surface area contributed by atoms with Crippen LogP contribution in [0.4, 0.5) is 0 Å². The average molecular weight is 151 g/mol. The van der Waals surface area contributed by atoms with Crippen molar-refractivity contribution < 1.29 is 9.30 Å². The molecule has 1 rings (SSSR count). The molecule has 1 radical (unpaired) electrons. The van der Waals surface area contributed by atoms with Crippen molar-refractivity contribution >= 4 is 0 Å². The van der Waals surface area contributed by atoms with Crippen molar-refractivity contribution in [2.45, 2.75) is 6.92 Å². The summed E-state index contributed by atoms with van der Waals surface area (Å²) in [6, 6.07) is 4.02. The second-order valence-corrected chi connectivity index (χ2v) is 2.37. The number of hydrogen-bond donors (Lipinski definition) is 0. The van der Waals surface area contributed by atoms with Crippen LogP contribution in [0.3, 0.4) is 0 Å². The molecule has 2 heteroatoms. The summed E-state index contributed by atoms with van der Waals surface area (Å²) >= 11 is 0. The van der Waals surface area contributed by atoms with E-state index in [2.05, 4.69) is 0 Å². The molecule has 0 aromatic carbocycles. The summed E-state index contributed by atoms with van der Waals surface area (Å²) < 4.78 is 7.11. The van der Waals surface area contributed by atoms with E-state index in [9.17, 15) is 0 Å². The van der Waals surface area contributed by atoms with E-state index in [4.69, 9.17) is 4.74 Å². The molecule has 0 aliphatic rings. The molecule has 0 saturated heterocycles. The van der Waals surface area contributed by atoms with E-state index in [1.54, 1.807) is 6.61 Å². The zero-order valence-electron chi connectivity index (χ0n) is 6.95. The molecule has 0 spiro atoms. The maximum Gasteiger partial charge on any atom is 0.168 e. The van der Waals surface area contributed by atoms with Crippen molar-refractivity contribution in [3.8, 4) is 0 Å². The Morgan fingerprint density at radius 3 is 2.64 bits per heavy atom. The summed E-state index contributed by atoms with van der Waals surface area (Å²) in [5.74, 6) is 0. The Morgan fingerprint density at radius 1 is 1.45 bits per heavy atom. The molecule has 0 aliphatic carbocycles. The van der Waals surface area contributed by atoms with Crippen molar-refractivity contribution in [3.05, 3.63) is 36.7 Å². The third kappa shape index (κ3) is 2.68. The number of hydrogen-bond acceptors (Lipinski definition) is 1. The smallest absolute Gasteiger partial charge is 0.168 e. The topological polar surface area (TPSA) is 13.1 Å². The molecule has 0 unspecified atom stereocenters. The van der Waals surface area contributed by atoms with Crippen LogP contribution in [0, 0.1) is 6.61 Å². The van der Waals surface area contributed by atoms with Gasteiger partial charge in [0, 0.05) is 18.7 Å². The third-order valence-electron chi connectivity index (χ3n) is 1.39. The Balaban J connectivity index is 2.52. The molecular weight excluding hydrogens is 138 g/mol. The van der Waals surface area contributed by atoms with Crippen LogP contribution in [0.2, 0.25) is 0 Å². The summed E-state index contributed by atoms with van der Waals surface area (Å²) in [5, 5.41) is 0. The van der Waals surface area contributed by atoms with Crippen molar-refractivity contribution in [1.82, 2.24) is 0 Å². The summed E-state index contributed by atoms with van der Waals surface area (Å²) in [5.41, 5.74) is 1.10. The Bertz CT molecular complexity index is 205. The molecule has 0 aliphatic heterocycles. The van der Waals surface area contributed by atoms with Crippen LogP contribution in [0.1, 0.15) is 12.5 Å². The third-order valence-corrected chi connectivity index (χ3v) is 1.39. The van der Waals surface area contributed by atoms with Gasteiger partial charge < -0.3 is 4.74 Å². The van der Waals surface area contributed by atoms with E-state index in [-0.39, 0.29) is 0 Å². The normalized spacial score (nSPS) is 10.0. The highest BCUT2D eigenvalue weighted by molar-refractivity contribution is 5.13. The van der Waals surface area contributed by atoms with Gasteiger partial charge in [-0.2, -0.15) is 0 Å². The molecule has 0 N–H and O–H groups in total. The lowest BCUT2D eigenvalue weighted by molar-refractivity contribution is -0.671. The maximum absolute atomic E-state index is 5.13. The minimum Gasteiger partial charge on any atom is -0.371 e. The molecule has 0 atom stereocenters. The van der Waals surface area contributed by atoms with Gasteiger partial charge in [-0.15, -0.1) is 0 Å². The SMILES string of the molecule is CCO[CH]c1cc[n+](C)cc1. The van der Waals surface area contributed by atoms with Gasteiger partial charge >= 0.3 is 0 Å². The van der Waals surface area contributed by atoms with Crippen molar-refractivity contribution in [3.63, 3.8) is 0 Å². The summed E-state index contributed by atoms with van der Waals surface area (Å²) in [7, 11) is 1.99. The van der Waals surface area contributed by atoms with Gasteiger partial charge in [-0.05, 0) is 12.5 Å². The number of rotatable bonds is 3.